The number of aliphatic carboxylic acids is 1. The summed E-state index contributed by atoms with van der Waals surface area (Å²) in [5, 5.41) is 12.5. The minimum atomic E-state index is -1.15. The summed E-state index contributed by atoms with van der Waals surface area (Å²) in [6.07, 6.45) is -0.00848. The summed E-state index contributed by atoms with van der Waals surface area (Å²) in [4.78, 5) is 25.0. The van der Waals surface area contributed by atoms with Gasteiger partial charge in [0.1, 0.15) is 24.0 Å². The smallest absolute Gasteiger partial charge is 0.407 e. The van der Waals surface area contributed by atoms with E-state index in [9.17, 15) is 14.7 Å². The van der Waals surface area contributed by atoms with Crippen molar-refractivity contribution < 1.29 is 24.2 Å². The van der Waals surface area contributed by atoms with Gasteiger partial charge in [0, 0.05) is 18.8 Å². The number of rotatable bonds is 9. The first-order valence-corrected chi connectivity index (χ1v) is 13.9. The van der Waals surface area contributed by atoms with Crippen LogP contribution < -0.4 is 10.1 Å². The summed E-state index contributed by atoms with van der Waals surface area (Å²) < 4.78 is 11.8. The Labute approximate surface area is 241 Å². The third-order valence-corrected chi connectivity index (χ3v) is 7.15. The predicted molar refractivity (Wildman–Crippen MR) is 159 cm³/mol. The Morgan fingerprint density at radius 3 is 2.05 bits per heavy atom. The highest BCUT2D eigenvalue weighted by atomic mass is 16.5. The van der Waals surface area contributed by atoms with Crippen LogP contribution in [0.4, 0.5) is 4.79 Å². The third-order valence-electron chi connectivity index (χ3n) is 7.15. The van der Waals surface area contributed by atoms with Crippen molar-refractivity contribution in [2.75, 3.05) is 6.61 Å². The number of fused-ring (bicyclic) bond motifs is 3. The predicted octanol–water partition coefficient (Wildman–Crippen LogP) is 6.99. The number of carboxylic acids is 1. The van der Waals surface area contributed by atoms with Gasteiger partial charge >= 0.3 is 12.1 Å². The van der Waals surface area contributed by atoms with E-state index in [4.69, 9.17) is 9.47 Å². The zero-order valence-electron chi connectivity index (χ0n) is 23.6. The zero-order valence-corrected chi connectivity index (χ0v) is 23.6. The van der Waals surface area contributed by atoms with E-state index in [1.165, 1.54) is 0 Å². The molecule has 4 aromatic carbocycles. The van der Waals surface area contributed by atoms with Crippen LogP contribution in [0.5, 0.6) is 5.75 Å². The summed E-state index contributed by atoms with van der Waals surface area (Å²) in [5.74, 6) is -0.480. The monoisotopic (exact) mass is 549 g/mol. The van der Waals surface area contributed by atoms with Crippen LogP contribution in [0.1, 0.15) is 54.5 Å². The first-order valence-electron chi connectivity index (χ1n) is 13.9. The molecule has 0 fully saturated rings. The second-order valence-electron chi connectivity index (χ2n) is 11.4. The normalized spacial score (nSPS) is 13.1. The molecule has 0 saturated carbocycles. The first-order chi connectivity index (χ1) is 19.7. The quantitative estimate of drug-likeness (QED) is 0.235. The number of alkyl carbamates (subject to hydrolysis) is 1. The second kappa shape index (κ2) is 11.9. The molecule has 6 nitrogen and oxygen atoms in total. The molecule has 210 valence electrons. The van der Waals surface area contributed by atoms with Crippen LogP contribution in [-0.4, -0.2) is 35.4 Å². The Morgan fingerprint density at radius 2 is 1.44 bits per heavy atom. The summed E-state index contributed by atoms with van der Waals surface area (Å²) in [5.41, 5.74) is 6.92. The molecule has 0 unspecified atom stereocenters. The Bertz CT molecular complexity index is 1490. The fourth-order valence-corrected chi connectivity index (χ4v) is 5.36. The van der Waals surface area contributed by atoms with Gasteiger partial charge in [-0.2, -0.15) is 0 Å². The molecule has 1 amide bonds. The van der Waals surface area contributed by atoms with Crippen molar-refractivity contribution in [3.05, 3.63) is 125 Å². The molecule has 1 aliphatic rings. The standard InChI is InChI=1S/C35H35NO5/c1-35(2,3)41-32-18-17-24(20-25(32)19-23-11-5-4-6-12-23)21-31(33(37)38)36-34(39)40-22-30-28-15-9-7-13-26(28)27-14-8-10-16-29(27)30/h4-18,20,30-31H,19,21-22H2,1-3H3,(H,36,39)(H,37,38)/t31-/m0/s1. The molecule has 1 atom stereocenters. The van der Waals surface area contributed by atoms with E-state index in [1.807, 2.05) is 106 Å². The molecule has 0 heterocycles. The van der Waals surface area contributed by atoms with Crippen LogP contribution in [0.25, 0.3) is 11.1 Å². The number of benzene rings is 4. The maximum absolute atomic E-state index is 12.8. The van der Waals surface area contributed by atoms with Crippen molar-refractivity contribution in [3.63, 3.8) is 0 Å². The SMILES string of the molecule is CC(C)(C)Oc1ccc(C[C@H](NC(=O)OCC2c3ccccc3-c3ccccc32)C(=O)O)cc1Cc1ccccc1. The van der Waals surface area contributed by atoms with Gasteiger partial charge in [-0.25, -0.2) is 9.59 Å². The van der Waals surface area contributed by atoms with Crippen LogP contribution >= 0.6 is 0 Å². The molecule has 0 aliphatic heterocycles. The molecule has 6 heteroatoms. The fourth-order valence-electron chi connectivity index (χ4n) is 5.36. The summed E-state index contributed by atoms with van der Waals surface area (Å²) in [6, 6.07) is 30.8. The molecular formula is C35H35NO5. The van der Waals surface area contributed by atoms with Crippen molar-refractivity contribution in [2.45, 2.75) is 51.2 Å². The molecule has 0 aromatic heterocycles. The summed E-state index contributed by atoms with van der Waals surface area (Å²) in [6.45, 7) is 6.09. The molecule has 2 N–H and O–H groups in total. The molecule has 1 aliphatic carbocycles. The van der Waals surface area contributed by atoms with E-state index in [2.05, 4.69) is 17.4 Å². The highest BCUT2D eigenvalue weighted by Gasteiger charge is 2.30. The molecule has 41 heavy (non-hydrogen) atoms. The van der Waals surface area contributed by atoms with Gasteiger partial charge in [0.2, 0.25) is 0 Å². The van der Waals surface area contributed by atoms with Crippen LogP contribution in [0.2, 0.25) is 0 Å². The van der Waals surface area contributed by atoms with Gasteiger partial charge in [-0.3, -0.25) is 0 Å². The lowest BCUT2D eigenvalue weighted by atomic mass is 9.98. The van der Waals surface area contributed by atoms with Gasteiger partial charge in [-0.15, -0.1) is 0 Å². The maximum Gasteiger partial charge on any atom is 0.407 e. The molecule has 0 radical (unpaired) electrons. The Hall–Kier alpha value is -4.58. The molecule has 0 bridgehead atoms. The molecule has 5 rings (SSSR count). The van der Waals surface area contributed by atoms with E-state index >= 15 is 0 Å². The van der Waals surface area contributed by atoms with Crippen LogP contribution in [0, 0.1) is 0 Å². The van der Waals surface area contributed by atoms with E-state index < -0.39 is 18.1 Å². The Balaban J connectivity index is 1.28. The van der Waals surface area contributed by atoms with Gasteiger partial charge in [0.25, 0.3) is 0 Å². The molecule has 0 saturated heterocycles. The average molecular weight is 550 g/mol. The number of nitrogens with one attached hydrogen (secondary N) is 1. The topological polar surface area (TPSA) is 84.9 Å². The first kappa shape index (κ1) is 28.0. The van der Waals surface area contributed by atoms with E-state index in [-0.39, 0.29) is 24.5 Å². The number of hydrogen-bond donors (Lipinski definition) is 2. The van der Waals surface area contributed by atoms with Gasteiger partial charge in [-0.1, -0.05) is 91.0 Å². The number of carboxylic acid groups (broad SMARTS) is 1. The average Bonchev–Trinajstić information content (AvgIpc) is 3.26. The van der Waals surface area contributed by atoms with Crippen molar-refractivity contribution in [1.82, 2.24) is 5.32 Å². The summed E-state index contributed by atoms with van der Waals surface area (Å²) >= 11 is 0. The van der Waals surface area contributed by atoms with Gasteiger partial charge in [-0.05, 0) is 65.8 Å². The number of amides is 1. The minimum Gasteiger partial charge on any atom is -0.488 e. The lowest BCUT2D eigenvalue weighted by Crippen LogP contribution is -2.43. The van der Waals surface area contributed by atoms with Gasteiger partial charge in [0.05, 0.1) is 0 Å². The van der Waals surface area contributed by atoms with Crippen molar-refractivity contribution >= 4 is 12.1 Å². The summed E-state index contributed by atoms with van der Waals surface area (Å²) in [7, 11) is 0. The Kier molecular flexibility index (Phi) is 8.11. The van der Waals surface area contributed by atoms with Crippen molar-refractivity contribution in [3.8, 4) is 16.9 Å². The van der Waals surface area contributed by atoms with Crippen molar-refractivity contribution in [1.29, 1.82) is 0 Å². The van der Waals surface area contributed by atoms with Crippen LogP contribution in [0.3, 0.4) is 0 Å². The zero-order chi connectivity index (χ0) is 29.0. The molecule has 4 aromatic rings. The highest BCUT2D eigenvalue weighted by Crippen LogP contribution is 2.44. The van der Waals surface area contributed by atoms with Crippen molar-refractivity contribution in [2.24, 2.45) is 0 Å². The fraction of sp³-hybridized carbons (Fsp3) is 0.257. The van der Waals surface area contributed by atoms with Gasteiger partial charge < -0.3 is 19.9 Å². The van der Waals surface area contributed by atoms with Gasteiger partial charge in [0.15, 0.2) is 0 Å². The largest absolute Gasteiger partial charge is 0.488 e. The lowest BCUT2D eigenvalue weighted by Gasteiger charge is -2.24. The van der Waals surface area contributed by atoms with E-state index in [0.29, 0.717) is 6.42 Å². The van der Waals surface area contributed by atoms with Crippen LogP contribution in [0.15, 0.2) is 97.1 Å². The Morgan fingerprint density at radius 1 is 0.829 bits per heavy atom. The minimum absolute atomic E-state index is 0.104. The molecule has 0 spiro atoms. The van der Waals surface area contributed by atoms with E-state index in [1.54, 1.807) is 0 Å². The number of carbonyl (C=O) groups excluding carboxylic acids is 1. The highest BCUT2D eigenvalue weighted by molar-refractivity contribution is 5.81. The maximum atomic E-state index is 12.8. The number of ether oxygens (including phenoxy) is 2. The van der Waals surface area contributed by atoms with Crippen LogP contribution in [-0.2, 0) is 22.4 Å². The second-order valence-corrected chi connectivity index (χ2v) is 11.4. The molecular weight excluding hydrogens is 514 g/mol. The van der Waals surface area contributed by atoms with E-state index in [0.717, 1.165) is 44.7 Å². The number of carbonyl (C=O) groups is 2. The number of hydrogen-bond acceptors (Lipinski definition) is 4. The lowest BCUT2D eigenvalue weighted by molar-refractivity contribution is -0.139. The third kappa shape index (κ3) is 6.77.